The smallest absolute Gasteiger partial charge is 1.00 e. The van der Waals surface area contributed by atoms with Gasteiger partial charge in [-0.05, 0) is 16.0 Å². The fourth-order valence-electron chi connectivity index (χ4n) is 2.37. The Morgan fingerprint density at radius 2 is 2.11 bits per heavy atom. The fourth-order valence-corrected chi connectivity index (χ4v) is 5.27. The molecule has 0 aromatic carbocycles. The third-order valence-corrected chi connectivity index (χ3v) is 6.29. The van der Waals surface area contributed by atoms with E-state index in [1.54, 1.807) is 0 Å². The topological polar surface area (TPSA) is 182 Å². The normalized spacial score (nSPS) is 21.7. The number of amides is 1. The number of nitrogens with two attached hydrogens (primary N) is 1. The average molecular weight is 456 g/mol. The summed E-state index contributed by atoms with van der Waals surface area (Å²) in [4.78, 5) is 24.5. The molecule has 0 bridgehead atoms. The van der Waals surface area contributed by atoms with Crippen molar-refractivity contribution in [3.63, 3.8) is 0 Å². The zero-order valence-corrected chi connectivity index (χ0v) is 20.8. The van der Waals surface area contributed by atoms with Gasteiger partial charge in [-0.2, -0.15) is 8.42 Å². The number of aromatic nitrogens is 4. The molecule has 1 aromatic heterocycles. The Balaban J connectivity index is 0. The maximum absolute atomic E-state index is 11.7. The predicted octanol–water partition coefficient (Wildman–Crippen LogP) is -7.23. The third kappa shape index (κ3) is 5.69. The number of hydrogen-bond acceptors (Lipinski definition) is 10. The van der Waals surface area contributed by atoms with Gasteiger partial charge < -0.3 is 13.7 Å². The second kappa shape index (κ2) is 9.88. The Bertz CT molecular complexity index is 887. The number of rotatable bonds is 6. The molecule has 1 aromatic rings. The van der Waals surface area contributed by atoms with Crippen molar-refractivity contribution in [3.8, 4) is 0 Å². The zero-order chi connectivity index (χ0) is 18.4. The number of fused-ring (bicyclic) bond motifs is 1. The van der Waals surface area contributed by atoms with E-state index in [2.05, 4.69) is 15.5 Å². The Morgan fingerprint density at radius 1 is 1.44 bits per heavy atom. The van der Waals surface area contributed by atoms with E-state index in [0.29, 0.717) is 5.57 Å². The van der Waals surface area contributed by atoms with E-state index in [1.165, 1.54) is 16.7 Å². The molecule has 140 valence electrons. The van der Waals surface area contributed by atoms with Gasteiger partial charge in [-0.15, -0.1) is 16.9 Å². The molecule has 2 atom stereocenters. The maximum atomic E-state index is 11.7. The molecule has 17 heteroatoms. The Morgan fingerprint density at radius 3 is 2.67 bits per heavy atom. The largest absolute Gasteiger partial charge is 1.00 e. The monoisotopic (exact) mass is 456 g/mol. The molecule has 27 heavy (non-hydrogen) atoms. The van der Waals surface area contributed by atoms with E-state index < -0.39 is 27.3 Å². The summed E-state index contributed by atoms with van der Waals surface area (Å²) in [7, 11) is -4.34. The van der Waals surface area contributed by atoms with Gasteiger partial charge in [-0.3, -0.25) is 14.2 Å². The van der Waals surface area contributed by atoms with Gasteiger partial charge in [0.25, 0.3) is 10.1 Å². The summed E-state index contributed by atoms with van der Waals surface area (Å²) in [5.74, 6) is -2.35. The molecular weight excluding hydrogens is 442 g/mol. The molecule has 2 aliphatic rings. The summed E-state index contributed by atoms with van der Waals surface area (Å²) in [6, 6.07) is 0. The van der Waals surface area contributed by atoms with Crippen molar-refractivity contribution in [2.75, 3.05) is 5.75 Å². The van der Waals surface area contributed by atoms with E-state index in [-0.39, 0.29) is 96.3 Å². The minimum absolute atomic E-state index is 0. The fraction of sp³-hybridized carbons (Fsp3) is 0.500. The van der Waals surface area contributed by atoms with Gasteiger partial charge in [-0.1, -0.05) is 11.8 Å². The van der Waals surface area contributed by atoms with E-state index >= 15 is 0 Å². The van der Waals surface area contributed by atoms with Crippen LogP contribution in [0, 0.1) is 0 Å². The van der Waals surface area contributed by atoms with E-state index in [1.807, 2.05) is 0 Å². The van der Waals surface area contributed by atoms with Crippen LogP contribution >= 0.6 is 23.5 Å². The molecule has 0 saturated carbocycles. The van der Waals surface area contributed by atoms with Crippen molar-refractivity contribution < 1.29 is 89.6 Å². The second-order valence-electron chi connectivity index (χ2n) is 5.12. The van der Waals surface area contributed by atoms with Crippen LogP contribution in [0.2, 0.25) is 0 Å². The number of carbonyl (C=O) groups is 2. The minimum atomic E-state index is -4.34. The van der Waals surface area contributed by atoms with E-state index in [0.717, 1.165) is 16.4 Å². The van der Waals surface area contributed by atoms with Crippen LogP contribution in [0.4, 0.5) is 0 Å². The van der Waals surface area contributed by atoms with Crippen LogP contribution in [0.3, 0.4) is 0 Å². The van der Waals surface area contributed by atoms with Crippen LogP contribution in [-0.2, 0) is 25.6 Å². The summed E-state index contributed by atoms with van der Waals surface area (Å²) in [6.45, 7) is 0. The maximum Gasteiger partial charge on any atom is 1.00 e. The number of carbonyl (C=O) groups excluding carboxylic acids is 1. The van der Waals surface area contributed by atoms with Crippen LogP contribution in [0.1, 0.15) is 9.27 Å². The van der Waals surface area contributed by atoms with Gasteiger partial charge >= 0.3 is 65.1 Å². The van der Waals surface area contributed by atoms with Crippen LogP contribution in [0.25, 0.3) is 0 Å². The Kier molecular flexibility index (Phi) is 9.28. The molecule has 4 N–H and O–H groups in total. The molecule has 12 nitrogen and oxygen atoms in total. The molecule has 2 aliphatic heterocycles. The SMILES string of the molecule is NC1S[C@@H]2CC(=O)N2C(C(=O)O)=C1CSc1nnnn1CS(=O)(=O)O.[H-].[H-].[Na+].[Na+]. The third-order valence-electron chi connectivity index (χ3n) is 3.44. The zero-order valence-electron chi connectivity index (χ0n) is 16.3. The first-order valence-electron chi connectivity index (χ1n) is 6.71. The molecule has 1 amide bonds. The Labute approximate surface area is 209 Å². The standard InChI is InChI=1S/C10H12N6O6S3.2Na.2H/c11-8-4(7(9(18)19)16-5(17)1-6(16)24-8)2-23-10-12-13-14-15(10)3-25(20,21)22;;;;/h6,8H,1-3,11H2,(H,18,19)(H,20,21,22);;;;/q;2*+1;2*-1/t6-,8?;;;;/m1..../s1. The van der Waals surface area contributed by atoms with Gasteiger partial charge in [0.05, 0.1) is 17.2 Å². The van der Waals surface area contributed by atoms with Crippen molar-refractivity contribution in [2.24, 2.45) is 5.73 Å². The molecule has 0 aliphatic carbocycles. The summed E-state index contributed by atoms with van der Waals surface area (Å²) in [5, 5.41) is 19.0. The molecule has 1 fully saturated rings. The molecule has 3 heterocycles. The van der Waals surface area contributed by atoms with Gasteiger partial charge in [-0.25, -0.2) is 9.48 Å². The van der Waals surface area contributed by atoms with Crippen LogP contribution in [0.5, 0.6) is 0 Å². The van der Waals surface area contributed by atoms with Gasteiger partial charge in [0.1, 0.15) is 5.70 Å². The van der Waals surface area contributed by atoms with Crippen molar-refractivity contribution in [1.82, 2.24) is 25.1 Å². The van der Waals surface area contributed by atoms with Crippen molar-refractivity contribution in [3.05, 3.63) is 11.3 Å². The second-order valence-corrected chi connectivity index (χ2v) is 8.81. The number of carboxylic acids is 1. The van der Waals surface area contributed by atoms with Gasteiger partial charge in [0.2, 0.25) is 11.1 Å². The number of aliphatic carboxylic acids is 1. The molecule has 0 spiro atoms. The number of β-lactam (4-membered cyclic amide) rings is 1. The average Bonchev–Trinajstić information content (AvgIpc) is 2.90. The first kappa shape index (κ1) is 25.4. The van der Waals surface area contributed by atoms with Crippen LogP contribution < -0.4 is 64.8 Å². The first-order valence-corrected chi connectivity index (χ1v) is 10.2. The summed E-state index contributed by atoms with van der Waals surface area (Å²) in [5.41, 5.74) is 6.17. The molecule has 3 rings (SSSR count). The first-order chi connectivity index (χ1) is 11.7. The van der Waals surface area contributed by atoms with E-state index in [4.69, 9.17) is 10.3 Å². The van der Waals surface area contributed by atoms with E-state index in [9.17, 15) is 23.1 Å². The molecule has 1 unspecified atom stereocenters. The van der Waals surface area contributed by atoms with Crippen molar-refractivity contribution >= 4 is 45.5 Å². The Hall–Kier alpha value is 0.320. The number of hydrogen-bond donors (Lipinski definition) is 3. The molecule has 0 radical (unpaired) electrons. The minimum Gasteiger partial charge on any atom is -1.00 e. The van der Waals surface area contributed by atoms with Crippen molar-refractivity contribution in [1.29, 1.82) is 0 Å². The van der Waals surface area contributed by atoms with Gasteiger partial charge in [0.15, 0.2) is 5.88 Å². The summed E-state index contributed by atoms with van der Waals surface area (Å²) < 4.78 is 31.6. The molecular formula is C10H14N6Na2O6S3. The number of tetrazole rings is 1. The predicted molar refractivity (Wildman–Crippen MR) is 87.8 cm³/mol. The number of thioether (sulfide) groups is 2. The molecule has 1 saturated heterocycles. The van der Waals surface area contributed by atoms with Gasteiger partial charge in [0, 0.05) is 5.75 Å². The van der Waals surface area contributed by atoms with Crippen LogP contribution in [0.15, 0.2) is 16.4 Å². The van der Waals surface area contributed by atoms with Crippen LogP contribution in [-0.4, -0.2) is 71.6 Å². The number of carboxylic acid groups (broad SMARTS) is 1. The quantitative estimate of drug-likeness (QED) is 0.159. The number of nitrogens with zero attached hydrogens (tertiary/aromatic N) is 5. The van der Waals surface area contributed by atoms with Crippen molar-refractivity contribution in [2.45, 2.75) is 28.2 Å². The summed E-state index contributed by atoms with van der Waals surface area (Å²) >= 11 is 2.23. The summed E-state index contributed by atoms with van der Waals surface area (Å²) in [6.07, 6.45) is 0.238.